The molecule has 0 saturated carbocycles. The van der Waals surface area contributed by atoms with Crippen LogP contribution in [0.1, 0.15) is 19.2 Å². The summed E-state index contributed by atoms with van der Waals surface area (Å²) >= 11 is 6.20. The predicted octanol–water partition coefficient (Wildman–Crippen LogP) is 2.61. The molecule has 0 atom stereocenters. The van der Waals surface area contributed by atoms with Gasteiger partial charge in [0.25, 0.3) is 0 Å². The molecule has 0 spiro atoms. The molecule has 0 amide bonds. The number of aryl methyl sites for hydroxylation is 1. The molecule has 0 radical (unpaired) electrons. The maximum absolute atomic E-state index is 9.36. The zero-order chi connectivity index (χ0) is 13.0. The fraction of sp³-hybridized carbons (Fsp3) is 0.462. The maximum Gasteiger partial charge on any atom is 0.135 e. The summed E-state index contributed by atoms with van der Waals surface area (Å²) < 4.78 is 7.29. The van der Waals surface area contributed by atoms with E-state index in [-0.39, 0.29) is 6.61 Å². The Labute approximate surface area is 111 Å². The van der Waals surface area contributed by atoms with Crippen molar-refractivity contribution in [3.63, 3.8) is 0 Å². The predicted molar refractivity (Wildman–Crippen MR) is 71.8 cm³/mol. The average Bonchev–Trinajstić information content (AvgIpc) is 2.74. The highest BCUT2D eigenvalue weighted by Gasteiger charge is 2.12. The van der Waals surface area contributed by atoms with Crippen molar-refractivity contribution in [2.75, 3.05) is 13.2 Å². The number of aromatic nitrogens is 2. The van der Waals surface area contributed by atoms with Crippen LogP contribution >= 0.6 is 11.6 Å². The first-order valence-electron chi connectivity index (χ1n) is 6.10. The Morgan fingerprint density at radius 1 is 1.44 bits per heavy atom. The second-order valence-electron chi connectivity index (χ2n) is 4.00. The molecule has 1 N–H and O–H groups in total. The lowest BCUT2D eigenvalue weighted by atomic mass is 10.3. The Hall–Kier alpha value is -1.10. The van der Waals surface area contributed by atoms with Crippen molar-refractivity contribution >= 4 is 22.6 Å². The van der Waals surface area contributed by atoms with Gasteiger partial charge in [0.15, 0.2) is 0 Å². The Kier molecular flexibility index (Phi) is 4.58. The molecule has 0 aliphatic rings. The van der Waals surface area contributed by atoms with Crippen molar-refractivity contribution < 1.29 is 9.84 Å². The molecule has 2 aromatic rings. The molecule has 1 heterocycles. The Balaban J connectivity index is 2.28. The number of halogens is 1. The number of ether oxygens (including phenoxy) is 1. The maximum atomic E-state index is 9.36. The third kappa shape index (κ3) is 2.66. The molecule has 5 heteroatoms. The second-order valence-corrected chi connectivity index (χ2v) is 4.40. The van der Waals surface area contributed by atoms with Crippen LogP contribution < -0.4 is 0 Å². The van der Waals surface area contributed by atoms with E-state index in [1.165, 1.54) is 0 Å². The summed E-state index contributed by atoms with van der Waals surface area (Å²) in [5, 5.41) is 10.0. The summed E-state index contributed by atoms with van der Waals surface area (Å²) in [6.45, 7) is 4.06. The summed E-state index contributed by atoms with van der Waals surface area (Å²) in [7, 11) is 0. The van der Waals surface area contributed by atoms with Gasteiger partial charge in [0.2, 0.25) is 0 Å². The minimum absolute atomic E-state index is 0.0837. The summed E-state index contributed by atoms with van der Waals surface area (Å²) in [4.78, 5) is 4.38. The van der Waals surface area contributed by atoms with E-state index >= 15 is 0 Å². The fourth-order valence-electron chi connectivity index (χ4n) is 2.02. The Bertz CT molecular complexity index is 525. The molecule has 98 valence electrons. The van der Waals surface area contributed by atoms with E-state index in [1.54, 1.807) is 0 Å². The lowest BCUT2D eigenvalue weighted by Gasteiger charge is -2.08. The first-order valence-corrected chi connectivity index (χ1v) is 6.48. The van der Waals surface area contributed by atoms with Crippen LogP contribution in [-0.4, -0.2) is 27.9 Å². The van der Waals surface area contributed by atoms with Gasteiger partial charge in [-0.05, 0) is 25.5 Å². The van der Waals surface area contributed by atoms with Gasteiger partial charge in [0.05, 0.1) is 16.1 Å². The molecule has 0 bridgehead atoms. The van der Waals surface area contributed by atoms with Gasteiger partial charge in [0, 0.05) is 19.8 Å². The number of fused-ring (bicyclic) bond motifs is 1. The van der Waals surface area contributed by atoms with Gasteiger partial charge in [-0.25, -0.2) is 4.98 Å². The van der Waals surface area contributed by atoms with Gasteiger partial charge < -0.3 is 14.4 Å². The minimum Gasteiger partial charge on any atom is -0.388 e. The van der Waals surface area contributed by atoms with E-state index < -0.39 is 0 Å². The van der Waals surface area contributed by atoms with Crippen LogP contribution in [0.15, 0.2) is 18.2 Å². The summed E-state index contributed by atoms with van der Waals surface area (Å²) in [5.41, 5.74) is 1.71. The SMILES string of the molecule is CCOCCCn1c(CO)nc2cccc(Cl)c21. The summed E-state index contributed by atoms with van der Waals surface area (Å²) in [6, 6.07) is 5.61. The van der Waals surface area contributed by atoms with Crippen molar-refractivity contribution in [2.45, 2.75) is 26.5 Å². The molecule has 4 nitrogen and oxygen atoms in total. The fourth-order valence-corrected chi connectivity index (χ4v) is 2.29. The summed E-state index contributed by atoms with van der Waals surface area (Å²) in [6.07, 6.45) is 0.873. The second kappa shape index (κ2) is 6.18. The summed E-state index contributed by atoms with van der Waals surface area (Å²) in [5.74, 6) is 0.648. The molecule has 0 saturated heterocycles. The van der Waals surface area contributed by atoms with E-state index in [1.807, 2.05) is 29.7 Å². The van der Waals surface area contributed by atoms with Gasteiger partial charge in [-0.2, -0.15) is 0 Å². The number of aliphatic hydroxyl groups excluding tert-OH is 1. The number of rotatable bonds is 6. The highest BCUT2D eigenvalue weighted by Crippen LogP contribution is 2.24. The molecule has 0 fully saturated rings. The van der Waals surface area contributed by atoms with Crippen molar-refractivity contribution in [1.82, 2.24) is 9.55 Å². The molecule has 2 rings (SSSR count). The van der Waals surface area contributed by atoms with Crippen LogP contribution in [0.3, 0.4) is 0 Å². The monoisotopic (exact) mass is 268 g/mol. The normalized spacial score (nSPS) is 11.3. The zero-order valence-electron chi connectivity index (χ0n) is 10.4. The number of para-hydroxylation sites is 1. The van der Waals surface area contributed by atoms with Crippen LogP contribution in [0.5, 0.6) is 0 Å². The van der Waals surface area contributed by atoms with Gasteiger partial charge in [0.1, 0.15) is 12.4 Å². The van der Waals surface area contributed by atoms with Crippen molar-refractivity contribution in [2.24, 2.45) is 0 Å². The van der Waals surface area contributed by atoms with E-state index in [4.69, 9.17) is 16.3 Å². The number of benzene rings is 1. The van der Waals surface area contributed by atoms with Crippen LogP contribution in [0, 0.1) is 0 Å². The van der Waals surface area contributed by atoms with Gasteiger partial charge >= 0.3 is 0 Å². The molecule has 0 unspecified atom stereocenters. The zero-order valence-corrected chi connectivity index (χ0v) is 11.2. The molecule has 1 aromatic carbocycles. The van der Waals surface area contributed by atoms with Gasteiger partial charge in [-0.1, -0.05) is 17.7 Å². The highest BCUT2D eigenvalue weighted by atomic mass is 35.5. The first-order chi connectivity index (χ1) is 8.77. The van der Waals surface area contributed by atoms with E-state index in [2.05, 4.69) is 4.98 Å². The first kappa shape index (κ1) is 13.3. The van der Waals surface area contributed by atoms with Crippen molar-refractivity contribution in [3.05, 3.63) is 29.0 Å². The third-order valence-corrected chi connectivity index (χ3v) is 3.12. The molecule has 18 heavy (non-hydrogen) atoms. The molecular weight excluding hydrogens is 252 g/mol. The smallest absolute Gasteiger partial charge is 0.135 e. The average molecular weight is 269 g/mol. The third-order valence-electron chi connectivity index (χ3n) is 2.81. The van der Waals surface area contributed by atoms with Crippen LogP contribution in [0.25, 0.3) is 11.0 Å². The van der Waals surface area contributed by atoms with E-state index in [0.29, 0.717) is 17.5 Å². The van der Waals surface area contributed by atoms with Gasteiger partial charge in [-0.15, -0.1) is 0 Å². The van der Waals surface area contributed by atoms with Crippen LogP contribution in [0.2, 0.25) is 5.02 Å². The number of hydrogen-bond donors (Lipinski definition) is 1. The quantitative estimate of drug-likeness (QED) is 0.820. The Morgan fingerprint density at radius 3 is 3.00 bits per heavy atom. The topological polar surface area (TPSA) is 47.3 Å². The highest BCUT2D eigenvalue weighted by molar-refractivity contribution is 6.35. The molecule has 0 aliphatic heterocycles. The molecule has 1 aromatic heterocycles. The van der Waals surface area contributed by atoms with E-state index in [0.717, 1.165) is 30.6 Å². The minimum atomic E-state index is -0.0837. The van der Waals surface area contributed by atoms with Gasteiger partial charge in [-0.3, -0.25) is 0 Å². The van der Waals surface area contributed by atoms with Crippen molar-refractivity contribution in [1.29, 1.82) is 0 Å². The van der Waals surface area contributed by atoms with Crippen LogP contribution in [-0.2, 0) is 17.9 Å². The number of imidazole rings is 1. The van der Waals surface area contributed by atoms with E-state index in [9.17, 15) is 5.11 Å². The standard InChI is InChI=1S/C13H17ClN2O2/c1-2-18-8-4-7-16-12(9-17)15-11-6-3-5-10(14)13(11)16/h3,5-6,17H,2,4,7-9H2,1H3. The molecule has 0 aliphatic carbocycles. The largest absolute Gasteiger partial charge is 0.388 e. The number of nitrogens with zero attached hydrogens (tertiary/aromatic N) is 2. The number of aliphatic hydroxyl groups is 1. The van der Waals surface area contributed by atoms with Crippen molar-refractivity contribution in [3.8, 4) is 0 Å². The van der Waals surface area contributed by atoms with Crippen LogP contribution in [0.4, 0.5) is 0 Å². The lowest BCUT2D eigenvalue weighted by molar-refractivity contribution is 0.141. The molecular formula is C13H17ClN2O2. The lowest BCUT2D eigenvalue weighted by Crippen LogP contribution is -2.07. The Morgan fingerprint density at radius 2 is 2.28 bits per heavy atom. The number of hydrogen-bond acceptors (Lipinski definition) is 3.